The summed E-state index contributed by atoms with van der Waals surface area (Å²) in [5.74, 6) is -5.60. The van der Waals surface area contributed by atoms with Crippen LogP contribution >= 0.6 is 0 Å². The number of carbonyl (C=O) groups is 4. The fraction of sp³-hybridized carbons (Fsp3) is 0.721. The van der Waals surface area contributed by atoms with Crippen molar-refractivity contribution in [3.63, 3.8) is 0 Å². The summed E-state index contributed by atoms with van der Waals surface area (Å²) in [4.78, 5) is 56.2. The molecular weight excluding hydrogens is 1050 g/mol. The molecular formula is C43H61AcNO18. The van der Waals surface area contributed by atoms with Crippen LogP contribution in [-0.4, -0.2) is 163 Å². The third-order valence-corrected chi connectivity index (χ3v) is 13.9. The van der Waals surface area contributed by atoms with Crippen LogP contribution in [0.1, 0.15) is 79.8 Å². The number of nitrogens with one attached hydrogen (secondary N) is 1. The van der Waals surface area contributed by atoms with E-state index in [1.165, 1.54) is 13.8 Å². The molecule has 2 saturated carbocycles. The Morgan fingerprint density at radius 2 is 1.62 bits per heavy atom. The zero-order valence-electron chi connectivity index (χ0n) is 36.7. The molecule has 9 N–H and O–H groups in total. The second-order valence-corrected chi connectivity index (χ2v) is 19.1. The van der Waals surface area contributed by atoms with E-state index >= 15 is 4.79 Å². The van der Waals surface area contributed by atoms with Crippen molar-refractivity contribution < 1.29 is 133 Å². The molecule has 4 fully saturated rings. The smallest absolute Gasteiger partial charge is 0.408 e. The molecule has 19 nitrogen and oxygen atoms in total. The molecule has 5 aliphatic rings. The van der Waals surface area contributed by atoms with Gasteiger partial charge in [-0.25, -0.2) is 14.4 Å². The van der Waals surface area contributed by atoms with Crippen molar-refractivity contribution in [3.8, 4) is 0 Å². The first-order valence-corrected chi connectivity index (χ1v) is 20.8. The summed E-state index contributed by atoms with van der Waals surface area (Å²) in [6.45, 7) is 10.6. The SMILES string of the molecule is CC1=C2C(OC(=O)COC3OC(CO)C(O)C(O)C3O)C(=O)[C@]3(C)C(O)CC4OC[C@@]4(O)C3[C@H](C)C(O)(CC1OC(=O)C(O)C(NC(=O)OC(C)(C)C)c1ccccc1)C2(C)C.[Ac]. The second-order valence-electron chi connectivity index (χ2n) is 19.1. The van der Waals surface area contributed by atoms with Gasteiger partial charge in [-0.05, 0) is 57.2 Å². The van der Waals surface area contributed by atoms with Crippen molar-refractivity contribution in [1.29, 1.82) is 0 Å². The van der Waals surface area contributed by atoms with E-state index in [2.05, 4.69) is 5.32 Å². The van der Waals surface area contributed by atoms with Crippen LogP contribution in [0.2, 0.25) is 0 Å². The molecule has 349 valence electrons. The minimum absolute atomic E-state index is 0. The molecule has 1 amide bonds. The summed E-state index contributed by atoms with van der Waals surface area (Å²) in [7, 11) is 0. The van der Waals surface area contributed by atoms with Crippen LogP contribution in [0.25, 0.3) is 0 Å². The van der Waals surface area contributed by atoms with Crippen molar-refractivity contribution >= 4 is 23.8 Å². The predicted octanol–water partition coefficient (Wildman–Crippen LogP) is -0.533. The first kappa shape index (κ1) is 51.8. The Morgan fingerprint density at radius 1 is 0.984 bits per heavy atom. The van der Waals surface area contributed by atoms with E-state index in [9.17, 15) is 55.2 Å². The molecule has 3 aliphatic carbocycles. The topological polar surface area (TPSA) is 298 Å². The van der Waals surface area contributed by atoms with Crippen molar-refractivity contribution in [2.24, 2.45) is 22.7 Å². The first-order chi connectivity index (χ1) is 28.7. The minimum atomic E-state index is -2.05. The summed E-state index contributed by atoms with van der Waals surface area (Å²) >= 11 is 0. The van der Waals surface area contributed by atoms with Gasteiger partial charge in [-0.3, -0.25) is 4.79 Å². The Bertz CT molecular complexity index is 1910. The van der Waals surface area contributed by atoms with Crippen LogP contribution in [-0.2, 0) is 42.8 Å². The van der Waals surface area contributed by atoms with Gasteiger partial charge < -0.3 is 74.6 Å². The quantitative estimate of drug-likeness (QED) is 0.0808. The van der Waals surface area contributed by atoms with Crippen molar-refractivity contribution in [2.45, 2.75) is 152 Å². The molecule has 0 spiro atoms. The van der Waals surface area contributed by atoms with E-state index in [4.69, 9.17) is 28.4 Å². The number of ether oxygens (including phenoxy) is 6. The van der Waals surface area contributed by atoms with Gasteiger partial charge in [0.05, 0.1) is 42.5 Å². The fourth-order valence-electron chi connectivity index (χ4n) is 10.5. The molecule has 16 atom stereocenters. The zero-order chi connectivity index (χ0) is 46.1. The largest absolute Gasteiger partial charge is 0.456 e. The molecule has 2 heterocycles. The molecule has 13 unspecified atom stereocenters. The Balaban J connectivity index is 0.00000748. The molecule has 1 radical (unpaired) electrons. The van der Waals surface area contributed by atoms with Crippen molar-refractivity contribution in [1.82, 2.24) is 5.32 Å². The van der Waals surface area contributed by atoms with Gasteiger partial charge in [-0.15, -0.1) is 0 Å². The van der Waals surface area contributed by atoms with E-state index in [1.54, 1.807) is 71.9 Å². The maximum absolute atomic E-state index is 15.3. The Kier molecular flexibility index (Phi) is 15.5. The number of fused-ring (bicyclic) bond motifs is 5. The summed E-state index contributed by atoms with van der Waals surface area (Å²) < 4.78 is 33.8. The molecule has 0 aromatic heterocycles. The van der Waals surface area contributed by atoms with Crippen LogP contribution in [0.5, 0.6) is 0 Å². The molecule has 1 aromatic rings. The first-order valence-electron chi connectivity index (χ1n) is 20.8. The minimum Gasteiger partial charge on any atom is -0.456 e. The zero-order valence-corrected chi connectivity index (χ0v) is 41.4. The van der Waals surface area contributed by atoms with Crippen molar-refractivity contribution in [3.05, 3.63) is 47.0 Å². The summed E-state index contributed by atoms with van der Waals surface area (Å²) in [5, 5.41) is 91.9. The van der Waals surface area contributed by atoms with Crippen LogP contribution in [0.4, 0.5) is 4.79 Å². The maximum atomic E-state index is 15.3. The number of hydrogen-bond donors (Lipinski definition) is 9. The van der Waals surface area contributed by atoms with Gasteiger partial charge >= 0.3 is 18.0 Å². The van der Waals surface area contributed by atoms with Gasteiger partial charge in [0.1, 0.15) is 48.3 Å². The average molecular weight is 1110 g/mol. The third kappa shape index (κ3) is 9.16. The van der Waals surface area contributed by atoms with Crippen molar-refractivity contribution in [2.75, 3.05) is 19.8 Å². The Hall–Kier alpha value is -2.16. The van der Waals surface area contributed by atoms with E-state index in [0.717, 1.165) is 0 Å². The molecule has 20 heteroatoms. The number of hydrogen-bond acceptors (Lipinski definition) is 18. The number of benzene rings is 1. The second kappa shape index (κ2) is 18.8. The van der Waals surface area contributed by atoms with Crippen LogP contribution in [0, 0.1) is 66.7 Å². The van der Waals surface area contributed by atoms with E-state index in [0.29, 0.717) is 5.56 Å². The number of esters is 2. The van der Waals surface area contributed by atoms with Crippen LogP contribution in [0.3, 0.4) is 0 Å². The van der Waals surface area contributed by atoms with Gasteiger partial charge in [0.25, 0.3) is 0 Å². The number of aliphatic hydroxyl groups is 8. The number of aliphatic hydroxyl groups excluding tert-OH is 6. The predicted molar refractivity (Wildman–Crippen MR) is 211 cm³/mol. The molecule has 2 aliphatic heterocycles. The normalized spacial score (nSPS) is 39.4. The van der Waals surface area contributed by atoms with E-state index in [1.807, 2.05) is 0 Å². The monoisotopic (exact) mass is 1110 g/mol. The van der Waals surface area contributed by atoms with Crippen LogP contribution < -0.4 is 5.32 Å². The van der Waals surface area contributed by atoms with Gasteiger partial charge in [0.2, 0.25) is 0 Å². The Labute approximate surface area is 401 Å². The Morgan fingerprint density at radius 3 is 2.19 bits per heavy atom. The molecule has 6 rings (SSSR count). The third-order valence-electron chi connectivity index (χ3n) is 13.9. The van der Waals surface area contributed by atoms with Gasteiger partial charge in [0.15, 0.2) is 24.3 Å². The number of ketones is 1. The van der Waals surface area contributed by atoms with Gasteiger partial charge in [-0.2, -0.15) is 0 Å². The summed E-state index contributed by atoms with van der Waals surface area (Å²) in [5.41, 5.74) is -7.61. The number of rotatable bonds is 10. The number of Topliss-reactive ketones (excluding diaryl/α,β-unsaturated/α-hetero) is 1. The number of alkyl carbamates (subject to hydrolysis) is 1. The molecule has 63 heavy (non-hydrogen) atoms. The standard InChI is InChI=1S/C43H61NO18.Ac/c1-19-22(59-36(53)30(49)28(21-12-10-9-11-13-21)44-38(54)62-39(3,4)5)15-43(56)20(2)34-41(8,24(46)14-25-42(34,55)18-58-25)35(52)33(27(19)40(43,6)7)61-26(47)17-57-37-32(51)31(50)29(48)23(16-45)60-37;/h9-13,20,22-25,28-34,37,45-46,48-51,55-56H,14-18H2,1-8H3,(H,44,54);/t20-,22?,23?,24?,25?,28?,29?,30?,31?,32?,33?,34?,37?,41+,42-,43?;/m0./s1. The average Bonchev–Trinajstić information content (AvgIpc) is 3.20. The molecule has 2 bridgehead atoms. The summed E-state index contributed by atoms with van der Waals surface area (Å²) in [6, 6.07) is 6.72. The number of amides is 1. The number of carbonyl (C=O) groups excluding carboxylic acids is 4. The van der Waals surface area contributed by atoms with E-state index in [-0.39, 0.29) is 74.7 Å². The van der Waals surface area contributed by atoms with Gasteiger partial charge in [-0.1, -0.05) is 51.1 Å². The van der Waals surface area contributed by atoms with E-state index < -0.39 is 144 Å². The summed E-state index contributed by atoms with van der Waals surface area (Å²) in [6.07, 6.45) is -17.7. The van der Waals surface area contributed by atoms with Crippen LogP contribution in [0.15, 0.2) is 41.5 Å². The van der Waals surface area contributed by atoms with Gasteiger partial charge in [0, 0.05) is 68.2 Å². The maximum Gasteiger partial charge on any atom is 0.408 e. The molecule has 2 saturated heterocycles. The molecule has 1 aromatic carbocycles. The fourth-order valence-corrected chi connectivity index (χ4v) is 10.5.